The van der Waals surface area contributed by atoms with Crippen LogP contribution in [0, 0.1) is 6.92 Å². The maximum atomic E-state index is 12.6. The van der Waals surface area contributed by atoms with Gasteiger partial charge in [-0.2, -0.15) is 0 Å². The Kier molecular flexibility index (Phi) is 5.54. The molecule has 6 heteroatoms. The van der Waals surface area contributed by atoms with Crippen LogP contribution in [0.4, 0.5) is 5.69 Å². The standard InChI is InChI=1S/C21H23N3O3/c1-15-4-3-5-19(14-15)22-20(26)17-6-8-18(9-7-17)21(27)24-12-10-23(11-13-24)16(2)25/h3-9,14H,10-13H2,1-2H3,(H,22,26). The van der Waals surface area contributed by atoms with Crippen LogP contribution in [-0.2, 0) is 4.79 Å². The Balaban J connectivity index is 1.62. The molecule has 2 aromatic rings. The van der Waals surface area contributed by atoms with E-state index >= 15 is 0 Å². The van der Waals surface area contributed by atoms with Crippen molar-refractivity contribution in [2.45, 2.75) is 13.8 Å². The van der Waals surface area contributed by atoms with E-state index in [9.17, 15) is 14.4 Å². The first-order valence-corrected chi connectivity index (χ1v) is 8.97. The highest BCUT2D eigenvalue weighted by atomic mass is 16.2. The predicted octanol–water partition coefficient (Wildman–Crippen LogP) is 2.55. The molecule has 27 heavy (non-hydrogen) atoms. The maximum Gasteiger partial charge on any atom is 0.255 e. The molecule has 3 rings (SSSR count). The van der Waals surface area contributed by atoms with Gasteiger partial charge in [0.2, 0.25) is 5.91 Å². The molecule has 0 aliphatic carbocycles. The highest BCUT2D eigenvalue weighted by Gasteiger charge is 2.23. The van der Waals surface area contributed by atoms with Gasteiger partial charge in [-0.05, 0) is 48.9 Å². The van der Waals surface area contributed by atoms with E-state index in [0.717, 1.165) is 11.3 Å². The molecule has 0 radical (unpaired) electrons. The number of amides is 3. The van der Waals surface area contributed by atoms with Crippen molar-refractivity contribution in [1.29, 1.82) is 0 Å². The van der Waals surface area contributed by atoms with Crippen LogP contribution in [0.3, 0.4) is 0 Å². The molecule has 0 aromatic heterocycles. The molecule has 0 unspecified atom stereocenters. The van der Waals surface area contributed by atoms with Crippen LogP contribution >= 0.6 is 0 Å². The van der Waals surface area contributed by atoms with Crippen molar-refractivity contribution >= 4 is 23.4 Å². The first-order valence-electron chi connectivity index (χ1n) is 8.97. The van der Waals surface area contributed by atoms with Crippen LogP contribution in [-0.4, -0.2) is 53.7 Å². The molecule has 6 nitrogen and oxygen atoms in total. The number of piperazine rings is 1. The minimum Gasteiger partial charge on any atom is -0.339 e. The second-order valence-electron chi connectivity index (χ2n) is 6.70. The molecule has 1 saturated heterocycles. The lowest BCUT2D eigenvalue weighted by Gasteiger charge is -2.34. The third-order valence-corrected chi connectivity index (χ3v) is 4.68. The van der Waals surface area contributed by atoms with Gasteiger partial charge in [0.25, 0.3) is 11.8 Å². The predicted molar refractivity (Wildman–Crippen MR) is 104 cm³/mol. The summed E-state index contributed by atoms with van der Waals surface area (Å²) in [6.45, 7) is 5.66. The summed E-state index contributed by atoms with van der Waals surface area (Å²) in [4.78, 5) is 39.8. The van der Waals surface area contributed by atoms with Gasteiger partial charge in [0.15, 0.2) is 0 Å². The van der Waals surface area contributed by atoms with Crippen molar-refractivity contribution in [3.63, 3.8) is 0 Å². The quantitative estimate of drug-likeness (QED) is 0.909. The molecular weight excluding hydrogens is 342 g/mol. The zero-order valence-electron chi connectivity index (χ0n) is 15.6. The summed E-state index contributed by atoms with van der Waals surface area (Å²) in [7, 11) is 0. The van der Waals surface area contributed by atoms with Crippen molar-refractivity contribution in [3.8, 4) is 0 Å². The van der Waals surface area contributed by atoms with E-state index in [-0.39, 0.29) is 17.7 Å². The zero-order valence-corrected chi connectivity index (χ0v) is 15.6. The Hall–Kier alpha value is -3.15. The van der Waals surface area contributed by atoms with Crippen molar-refractivity contribution in [2.75, 3.05) is 31.5 Å². The average molecular weight is 365 g/mol. The average Bonchev–Trinajstić information content (AvgIpc) is 2.67. The summed E-state index contributed by atoms with van der Waals surface area (Å²) < 4.78 is 0. The summed E-state index contributed by atoms with van der Waals surface area (Å²) in [5.41, 5.74) is 2.84. The Morgan fingerprint density at radius 3 is 2.04 bits per heavy atom. The molecule has 1 aliphatic heterocycles. The fourth-order valence-corrected chi connectivity index (χ4v) is 3.10. The Bertz CT molecular complexity index is 853. The number of nitrogens with zero attached hydrogens (tertiary/aromatic N) is 2. The molecule has 0 atom stereocenters. The van der Waals surface area contributed by atoms with Gasteiger partial charge in [-0.1, -0.05) is 12.1 Å². The summed E-state index contributed by atoms with van der Waals surface area (Å²) in [6.07, 6.45) is 0. The van der Waals surface area contributed by atoms with Gasteiger partial charge in [-0.3, -0.25) is 14.4 Å². The third kappa shape index (κ3) is 4.53. The van der Waals surface area contributed by atoms with Crippen LogP contribution in [0.5, 0.6) is 0 Å². The number of benzene rings is 2. The molecular formula is C21H23N3O3. The topological polar surface area (TPSA) is 69.7 Å². The number of rotatable bonds is 3. The first-order chi connectivity index (χ1) is 12.9. The fraction of sp³-hybridized carbons (Fsp3) is 0.286. The van der Waals surface area contributed by atoms with Gasteiger partial charge >= 0.3 is 0 Å². The van der Waals surface area contributed by atoms with E-state index in [1.807, 2.05) is 31.2 Å². The van der Waals surface area contributed by atoms with Crippen LogP contribution in [0.1, 0.15) is 33.2 Å². The fourth-order valence-electron chi connectivity index (χ4n) is 3.10. The Morgan fingerprint density at radius 2 is 1.44 bits per heavy atom. The summed E-state index contributed by atoms with van der Waals surface area (Å²) >= 11 is 0. The van der Waals surface area contributed by atoms with Gasteiger partial charge in [0.1, 0.15) is 0 Å². The van der Waals surface area contributed by atoms with Crippen LogP contribution < -0.4 is 5.32 Å². The second-order valence-corrected chi connectivity index (χ2v) is 6.70. The van der Waals surface area contributed by atoms with E-state index in [0.29, 0.717) is 37.3 Å². The second kappa shape index (κ2) is 8.03. The number of aryl methyl sites for hydroxylation is 1. The van der Waals surface area contributed by atoms with Crippen molar-refractivity contribution in [3.05, 3.63) is 65.2 Å². The van der Waals surface area contributed by atoms with Gasteiger partial charge in [0, 0.05) is 49.9 Å². The minimum atomic E-state index is -0.213. The van der Waals surface area contributed by atoms with E-state index < -0.39 is 0 Å². The van der Waals surface area contributed by atoms with E-state index in [4.69, 9.17) is 0 Å². The number of carbonyl (C=O) groups is 3. The van der Waals surface area contributed by atoms with E-state index in [2.05, 4.69) is 5.32 Å². The van der Waals surface area contributed by atoms with Crippen molar-refractivity contribution < 1.29 is 14.4 Å². The molecule has 0 saturated carbocycles. The molecule has 1 fully saturated rings. The lowest BCUT2D eigenvalue weighted by Crippen LogP contribution is -2.50. The zero-order chi connectivity index (χ0) is 19.4. The molecule has 0 spiro atoms. The van der Waals surface area contributed by atoms with Crippen LogP contribution in [0.25, 0.3) is 0 Å². The number of carbonyl (C=O) groups excluding carboxylic acids is 3. The molecule has 1 aliphatic rings. The number of hydrogen-bond donors (Lipinski definition) is 1. The van der Waals surface area contributed by atoms with Gasteiger partial charge in [-0.25, -0.2) is 0 Å². The summed E-state index contributed by atoms with van der Waals surface area (Å²) in [6, 6.07) is 14.2. The normalized spacial score (nSPS) is 14.0. The molecule has 1 N–H and O–H groups in total. The maximum absolute atomic E-state index is 12.6. The summed E-state index contributed by atoms with van der Waals surface area (Å²) in [5.74, 6) is -0.260. The number of hydrogen-bond acceptors (Lipinski definition) is 3. The molecule has 140 valence electrons. The summed E-state index contributed by atoms with van der Waals surface area (Å²) in [5, 5.41) is 2.85. The van der Waals surface area contributed by atoms with Gasteiger partial charge in [-0.15, -0.1) is 0 Å². The molecule has 2 aromatic carbocycles. The van der Waals surface area contributed by atoms with E-state index in [1.54, 1.807) is 34.1 Å². The van der Waals surface area contributed by atoms with Crippen LogP contribution in [0.2, 0.25) is 0 Å². The van der Waals surface area contributed by atoms with E-state index in [1.165, 1.54) is 6.92 Å². The van der Waals surface area contributed by atoms with Crippen molar-refractivity contribution in [2.24, 2.45) is 0 Å². The largest absolute Gasteiger partial charge is 0.339 e. The lowest BCUT2D eigenvalue weighted by atomic mass is 10.1. The Morgan fingerprint density at radius 1 is 0.852 bits per heavy atom. The smallest absolute Gasteiger partial charge is 0.255 e. The van der Waals surface area contributed by atoms with Gasteiger partial charge < -0.3 is 15.1 Å². The molecule has 1 heterocycles. The lowest BCUT2D eigenvalue weighted by molar-refractivity contribution is -0.130. The third-order valence-electron chi connectivity index (χ3n) is 4.68. The minimum absolute atomic E-state index is 0.0334. The number of anilines is 1. The molecule has 0 bridgehead atoms. The van der Waals surface area contributed by atoms with Crippen molar-refractivity contribution in [1.82, 2.24) is 9.80 Å². The SMILES string of the molecule is CC(=O)N1CCN(C(=O)c2ccc(C(=O)Nc3cccc(C)c3)cc2)CC1. The highest BCUT2D eigenvalue weighted by molar-refractivity contribution is 6.05. The number of nitrogens with one attached hydrogen (secondary N) is 1. The monoisotopic (exact) mass is 365 g/mol. The van der Waals surface area contributed by atoms with Crippen LogP contribution in [0.15, 0.2) is 48.5 Å². The van der Waals surface area contributed by atoms with Gasteiger partial charge in [0.05, 0.1) is 0 Å². The molecule has 3 amide bonds. The Labute approximate surface area is 158 Å². The highest BCUT2D eigenvalue weighted by Crippen LogP contribution is 2.14. The first kappa shape index (κ1) is 18.6.